The topological polar surface area (TPSA) is 58.6 Å². The summed E-state index contributed by atoms with van der Waals surface area (Å²) >= 11 is 7.46. The van der Waals surface area contributed by atoms with Crippen LogP contribution in [0, 0.1) is 5.92 Å². The molecule has 2 amide bonds. The molecule has 0 heterocycles. The van der Waals surface area contributed by atoms with Crippen LogP contribution in [0.1, 0.15) is 31.9 Å². The lowest BCUT2D eigenvalue weighted by Gasteiger charge is -2.29. The molecule has 1 N–H and O–H groups in total. The summed E-state index contributed by atoms with van der Waals surface area (Å²) in [6, 6.07) is 14.6. The molecule has 0 spiro atoms. The highest BCUT2D eigenvalue weighted by Crippen LogP contribution is 2.19. The first-order valence-electron chi connectivity index (χ1n) is 10.3. The first kappa shape index (κ1) is 25.1. The van der Waals surface area contributed by atoms with E-state index in [4.69, 9.17) is 16.3 Å². The van der Waals surface area contributed by atoms with Crippen LogP contribution in [0.3, 0.4) is 0 Å². The highest BCUT2D eigenvalue weighted by atomic mass is 35.5. The first-order chi connectivity index (χ1) is 14.8. The van der Waals surface area contributed by atoms with Gasteiger partial charge in [-0.1, -0.05) is 49.7 Å². The Morgan fingerprint density at radius 1 is 1.03 bits per heavy atom. The van der Waals surface area contributed by atoms with Crippen molar-refractivity contribution in [1.29, 1.82) is 0 Å². The minimum absolute atomic E-state index is 0.0676. The summed E-state index contributed by atoms with van der Waals surface area (Å²) < 4.78 is 5.21. The standard InChI is InChI=1S/C24H31ClN2O3S/c1-17(2)13-26-24(29)18(3)27(14-19-7-11-22(30-4)12-8-19)23(28)16-31-15-20-5-9-21(25)10-6-20/h5-12,17-18H,13-16H2,1-4H3,(H,26,29)/t18-/m1/s1. The predicted octanol–water partition coefficient (Wildman–Crippen LogP) is 4.77. The molecule has 0 bridgehead atoms. The number of hydrogen-bond acceptors (Lipinski definition) is 4. The van der Waals surface area contributed by atoms with Crippen LogP contribution < -0.4 is 10.1 Å². The number of nitrogens with zero attached hydrogens (tertiary/aromatic N) is 1. The predicted molar refractivity (Wildman–Crippen MR) is 128 cm³/mol. The van der Waals surface area contributed by atoms with Crippen LogP contribution in [-0.2, 0) is 21.9 Å². The number of carbonyl (C=O) groups excluding carboxylic acids is 2. The molecule has 0 aromatic heterocycles. The highest BCUT2D eigenvalue weighted by molar-refractivity contribution is 7.99. The Labute approximate surface area is 194 Å². The fourth-order valence-electron chi connectivity index (χ4n) is 2.88. The lowest BCUT2D eigenvalue weighted by Crippen LogP contribution is -2.48. The van der Waals surface area contributed by atoms with Gasteiger partial charge in [0.1, 0.15) is 11.8 Å². The Morgan fingerprint density at radius 3 is 2.23 bits per heavy atom. The molecule has 0 saturated heterocycles. The third kappa shape index (κ3) is 8.46. The van der Waals surface area contributed by atoms with Crippen molar-refractivity contribution in [1.82, 2.24) is 10.2 Å². The molecule has 0 aliphatic rings. The number of benzene rings is 2. The van der Waals surface area contributed by atoms with Crippen molar-refractivity contribution in [3.8, 4) is 5.75 Å². The van der Waals surface area contributed by atoms with E-state index in [0.717, 1.165) is 16.9 Å². The first-order valence-corrected chi connectivity index (χ1v) is 11.9. The summed E-state index contributed by atoms with van der Waals surface area (Å²) in [4.78, 5) is 27.4. The molecule has 2 aromatic carbocycles. The fraction of sp³-hybridized carbons (Fsp3) is 0.417. The van der Waals surface area contributed by atoms with Crippen molar-refractivity contribution in [3.63, 3.8) is 0 Å². The van der Waals surface area contributed by atoms with Gasteiger partial charge in [0.15, 0.2) is 0 Å². The maximum Gasteiger partial charge on any atom is 0.242 e. The van der Waals surface area contributed by atoms with Crippen LogP contribution in [0.5, 0.6) is 5.75 Å². The Bertz CT molecular complexity index is 841. The summed E-state index contributed by atoms with van der Waals surface area (Å²) in [6.07, 6.45) is 0. The molecule has 1 atom stereocenters. The third-order valence-corrected chi connectivity index (χ3v) is 6.01. The highest BCUT2D eigenvalue weighted by Gasteiger charge is 2.26. The number of hydrogen-bond donors (Lipinski definition) is 1. The van der Waals surface area contributed by atoms with Gasteiger partial charge in [0.25, 0.3) is 0 Å². The van der Waals surface area contributed by atoms with Gasteiger partial charge in [-0.25, -0.2) is 0 Å². The zero-order valence-electron chi connectivity index (χ0n) is 18.6. The lowest BCUT2D eigenvalue weighted by atomic mass is 10.1. The van der Waals surface area contributed by atoms with Gasteiger partial charge >= 0.3 is 0 Å². The molecule has 0 fully saturated rings. The average molecular weight is 463 g/mol. The molecule has 0 unspecified atom stereocenters. The van der Waals surface area contributed by atoms with E-state index in [9.17, 15) is 9.59 Å². The summed E-state index contributed by atoms with van der Waals surface area (Å²) in [5, 5.41) is 3.63. The normalized spacial score (nSPS) is 11.8. The number of amides is 2. The SMILES string of the molecule is COc1ccc(CN(C(=O)CSCc2ccc(Cl)cc2)[C@H](C)C(=O)NCC(C)C)cc1. The summed E-state index contributed by atoms with van der Waals surface area (Å²) in [5.74, 6) is 1.88. The van der Waals surface area contributed by atoms with Gasteiger partial charge in [-0.15, -0.1) is 11.8 Å². The fourth-order valence-corrected chi connectivity index (χ4v) is 3.88. The van der Waals surface area contributed by atoms with E-state index in [1.807, 2.05) is 62.4 Å². The molecule has 168 valence electrons. The average Bonchev–Trinajstić information content (AvgIpc) is 2.77. The van der Waals surface area contributed by atoms with Gasteiger partial charge in [-0.2, -0.15) is 0 Å². The van der Waals surface area contributed by atoms with E-state index >= 15 is 0 Å². The van der Waals surface area contributed by atoms with Crippen LogP contribution in [0.2, 0.25) is 5.02 Å². The molecule has 0 saturated carbocycles. The maximum absolute atomic E-state index is 13.1. The Kier molecular flexibility index (Phi) is 10.2. The molecule has 7 heteroatoms. The van der Waals surface area contributed by atoms with Gasteiger partial charge in [0.2, 0.25) is 11.8 Å². The quantitative estimate of drug-likeness (QED) is 0.522. The van der Waals surface area contributed by atoms with Crippen molar-refractivity contribution >= 4 is 35.2 Å². The molecule has 2 rings (SSSR count). The number of carbonyl (C=O) groups is 2. The number of ether oxygens (including phenoxy) is 1. The number of nitrogens with one attached hydrogen (secondary N) is 1. The van der Waals surface area contributed by atoms with Crippen LogP contribution in [-0.4, -0.2) is 42.2 Å². The van der Waals surface area contributed by atoms with Gasteiger partial charge < -0.3 is 15.0 Å². The van der Waals surface area contributed by atoms with Crippen LogP contribution in [0.4, 0.5) is 0 Å². The maximum atomic E-state index is 13.1. The number of thioether (sulfide) groups is 1. The minimum atomic E-state index is -0.565. The minimum Gasteiger partial charge on any atom is -0.497 e. The number of halogens is 1. The zero-order valence-corrected chi connectivity index (χ0v) is 20.1. The smallest absolute Gasteiger partial charge is 0.242 e. The summed E-state index contributed by atoms with van der Waals surface area (Å²) in [6.45, 7) is 6.80. The Hall–Kier alpha value is -2.18. The van der Waals surface area contributed by atoms with Crippen molar-refractivity contribution < 1.29 is 14.3 Å². The van der Waals surface area contributed by atoms with E-state index in [1.54, 1.807) is 18.9 Å². The summed E-state index contributed by atoms with van der Waals surface area (Å²) in [5.41, 5.74) is 2.05. The van der Waals surface area contributed by atoms with E-state index in [1.165, 1.54) is 11.8 Å². The molecule has 0 aliphatic heterocycles. The third-order valence-electron chi connectivity index (χ3n) is 4.77. The second-order valence-corrected chi connectivity index (χ2v) is 9.23. The molecule has 31 heavy (non-hydrogen) atoms. The van der Waals surface area contributed by atoms with Crippen molar-refractivity contribution in [2.24, 2.45) is 5.92 Å². The molecule has 2 aromatic rings. The zero-order chi connectivity index (χ0) is 22.8. The summed E-state index contributed by atoms with van der Waals surface area (Å²) in [7, 11) is 1.61. The molecule has 5 nitrogen and oxygen atoms in total. The lowest BCUT2D eigenvalue weighted by molar-refractivity contribution is -0.138. The Morgan fingerprint density at radius 2 is 1.65 bits per heavy atom. The van der Waals surface area contributed by atoms with Crippen molar-refractivity contribution in [2.75, 3.05) is 19.4 Å². The van der Waals surface area contributed by atoms with E-state index in [0.29, 0.717) is 35.5 Å². The van der Waals surface area contributed by atoms with Gasteiger partial charge in [0, 0.05) is 23.9 Å². The van der Waals surface area contributed by atoms with E-state index in [-0.39, 0.29) is 11.8 Å². The molecular weight excluding hydrogens is 432 g/mol. The molecule has 0 radical (unpaired) electrons. The van der Waals surface area contributed by atoms with Crippen LogP contribution in [0.25, 0.3) is 0 Å². The second-order valence-electron chi connectivity index (χ2n) is 7.80. The molecular formula is C24H31ClN2O3S. The van der Waals surface area contributed by atoms with Gasteiger partial charge in [-0.05, 0) is 48.2 Å². The monoisotopic (exact) mass is 462 g/mol. The van der Waals surface area contributed by atoms with Gasteiger partial charge in [-0.3, -0.25) is 9.59 Å². The van der Waals surface area contributed by atoms with Crippen molar-refractivity contribution in [3.05, 3.63) is 64.7 Å². The van der Waals surface area contributed by atoms with Crippen LogP contribution in [0.15, 0.2) is 48.5 Å². The van der Waals surface area contributed by atoms with E-state index in [2.05, 4.69) is 5.32 Å². The largest absolute Gasteiger partial charge is 0.497 e. The van der Waals surface area contributed by atoms with Crippen molar-refractivity contribution in [2.45, 2.75) is 39.1 Å². The van der Waals surface area contributed by atoms with E-state index < -0.39 is 6.04 Å². The Balaban J connectivity index is 2.05. The second kappa shape index (κ2) is 12.6. The van der Waals surface area contributed by atoms with Crippen LogP contribution >= 0.6 is 23.4 Å². The number of rotatable bonds is 11. The molecule has 0 aliphatic carbocycles. The van der Waals surface area contributed by atoms with Gasteiger partial charge in [0.05, 0.1) is 12.9 Å². The number of methoxy groups -OCH3 is 1.